The summed E-state index contributed by atoms with van der Waals surface area (Å²) in [7, 11) is -14.7. The minimum Gasteiger partial charge on any atom is -0.506 e. The van der Waals surface area contributed by atoms with E-state index >= 15 is 0 Å². The summed E-state index contributed by atoms with van der Waals surface area (Å²) < 4.78 is 102. The van der Waals surface area contributed by atoms with Gasteiger partial charge in [-0.15, -0.1) is 20.5 Å². The fraction of sp³-hybridized carbons (Fsp3) is 0. The second kappa shape index (κ2) is 15.1. The molecule has 0 atom stereocenters. The molecule has 21 heteroatoms. The fourth-order valence-electron chi connectivity index (χ4n) is 5.98. The molecule has 0 bridgehead atoms. The normalized spacial score (nSPS) is 12.5. The summed E-state index contributed by atoms with van der Waals surface area (Å²) >= 11 is 0. The molecule has 0 fully saturated rings. The average molecular weight is 858 g/mol. The third-order valence-corrected chi connectivity index (χ3v) is 11.4. The topological polar surface area (TPSA) is 306 Å². The third kappa shape index (κ3) is 8.36. The van der Waals surface area contributed by atoms with Crippen molar-refractivity contribution in [2.75, 3.05) is 5.32 Å². The van der Waals surface area contributed by atoms with Crippen LogP contribution in [0, 0.1) is 0 Å². The first-order valence-corrected chi connectivity index (χ1v) is 20.9. The van der Waals surface area contributed by atoms with Gasteiger partial charge in [0.25, 0.3) is 30.4 Å². The van der Waals surface area contributed by atoms with Gasteiger partial charge in [-0.1, -0.05) is 30.3 Å². The number of phenolic OH excluding ortho intramolecular Hbond substituents is 4. The zero-order valence-electron chi connectivity index (χ0n) is 29.6. The minimum absolute atomic E-state index is 0.111. The first-order valence-electron chi connectivity index (χ1n) is 16.6. The highest BCUT2D eigenvalue weighted by molar-refractivity contribution is 7.86. The number of para-hydroxylation sites is 1. The maximum absolute atomic E-state index is 12.4. The summed E-state index contributed by atoms with van der Waals surface area (Å²) in [6.45, 7) is 0. The van der Waals surface area contributed by atoms with Crippen molar-refractivity contribution in [2.45, 2.75) is 14.7 Å². The Kier molecular flexibility index (Phi) is 10.3. The molecule has 0 aromatic heterocycles. The zero-order chi connectivity index (χ0) is 42.4. The number of anilines is 2. The fourth-order valence-corrected chi connectivity index (χ4v) is 7.81. The predicted molar refractivity (Wildman–Crippen MR) is 214 cm³/mol. The first-order chi connectivity index (χ1) is 27.8. The second-order valence-corrected chi connectivity index (χ2v) is 16.9. The third-order valence-electron chi connectivity index (χ3n) is 8.79. The number of fused-ring (bicyclic) bond motifs is 2. The van der Waals surface area contributed by atoms with Crippen molar-refractivity contribution in [2.24, 2.45) is 20.5 Å². The monoisotopic (exact) mass is 857 g/mol. The quantitative estimate of drug-likeness (QED) is 0.0471. The lowest BCUT2D eigenvalue weighted by molar-refractivity contribution is 0.471. The Hall–Kier alpha value is -7.01. The molecule has 0 heterocycles. The van der Waals surface area contributed by atoms with Gasteiger partial charge in [-0.3, -0.25) is 13.7 Å². The van der Waals surface area contributed by atoms with Crippen LogP contribution in [0.4, 0.5) is 34.1 Å². The van der Waals surface area contributed by atoms with Crippen molar-refractivity contribution in [3.63, 3.8) is 0 Å². The predicted octanol–water partition coefficient (Wildman–Crippen LogP) is 8.80. The van der Waals surface area contributed by atoms with E-state index in [-0.39, 0.29) is 32.9 Å². The summed E-state index contributed by atoms with van der Waals surface area (Å²) in [5.41, 5.74) is 0.196. The maximum atomic E-state index is 12.4. The SMILES string of the molecule is O=S(=O)(O)c1ccc2c(O)c(N=Nc3ccc(-c4ccc(N=Nc5c(S(=O)(=O)O)cc6cc(Nc7ccccc7)ccc6c5O)c(O)c4)cc3O)c(S(=O)(=O)O)cc2c1. The van der Waals surface area contributed by atoms with Crippen LogP contribution in [0.1, 0.15) is 0 Å². The minimum atomic E-state index is -5.09. The van der Waals surface area contributed by atoms with Gasteiger partial charge in [-0.25, -0.2) is 0 Å². The number of hydrogen-bond donors (Lipinski definition) is 8. The van der Waals surface area contributed by atoms with Gasteiger partial charge >= 0.3 is 0 Å². The lowest BCUT2D eigenvalue weighted by atomic mass is 10.0. The van der Waals surface area contributed by atoms with E-state index in [0.717, 1.165) is 36.0 Å². The lowest BCUT2D eigenvalue weighted by Crippen LogP contribution is -2.00. The van der Waals surface area contributed by atoms with E-state index in [1.807, 2.05) is 30.3 Å². The first kappa shape index (κ1) is 40.2. The van der Waals surface area contributed by atoms with Gasteiger partial charge in [-0.2, -0.15) is 25.3 Å². The largest absolute Gasteiger partial charge is 0.506 e. The van der Waals surface area contributed by atoms with E-state index < -0.39 is 79.4 Å². The van der Waals surface area contributed by atoms with Gasteiger partial charge in [0, 0.05) is 22.1 Å². The van der Waals surface area contributed by atoms with E-state index in [1.165, 1.54) is 42.5 Å². The molecular weight excluding hydrogens is 831 g/mol. The summed E-state index contributed by atoms with van der Waals surface area (Å²) in [6.07, 6.45) is 0. The highest BCUT2D eigenvalue weighted by Crippen LogP contribution is 2.45. The van der Waals surface area contributed by atoms with E-state index in [9.17, 15) is 59.3 Å². The Morgan fingerprint density at radius 3 is 1.37 bits per heavy atom. The summed E-state index contributed by atoms with van der Waals surface area (Å²) in [5.74, 6) is -2.39. The van der Waals surface area contributed by atoms with Crippen LogP contribution in [0.15, 0.2) is 150 Å². The molecule has 0 radical (unpaired) electrons. The Bertz CT molecular complexity index is 3270. The Morgan fingerprint density at radius 2 is 0.915 bits per heavy atom. The molecule has 7 rings (SSSR count). The molecule has 0 spiro atoms. The average Bonchev–Trinajstić information content (AvgIpc) is 3.17. The van der Waals surface area contributed by atoms with Crippen LogP contribution in [0.3, 0.4) is 0 Å². The number of hydrogen-bond acceptors (Lipinski definition) is 15. The summed E-state index contributed by atoms with van der Waals surface area (Å²) in [4.78, 5) is -2.32. The molecule has 18 nitrogen and oxygen atoms in total. The van der Waals surface area contributed by atoms with Crippen LogP contribution in [-0.2, 0) is 30.4 Å². The highest BCUT2D eigenvalue weighted by Gasteiger charge is 2.25. The van der Waals surface area contributed by atoms with Crippen molar-refractivity contribution >= 4 is 86.0 Å². The second-order valence-electron chi connectivity index (χ2n) is 12.7. The van der Waals surface area contributed by atoms with Crippen LogP contribution >= 0.6 is 0 Å². The Morgan fingerprint density at radius 1 is 0.441 bits per heavy atom. The number of nitrogens with one attached hydrogen (secondary N) is 1. The van der Waals surface area contributed by atoms with E-state index in [1.54, 1.807) is 12.1 Å². The maximum Gasteiger partial charge on any atom is 0.296 e. The Labute approximate surface area is 334 Å². The number of benzene rings is 7. The molecule has 7 aromatic carbocycles. The molecule has 59 heavy (non-hydrogen) atoms. The van der Waals surface area contributed by atoms with Gasteiger partial charge in [-0.05, 0) is 107 Å². The van der Waals surface area contributed by atoms with E-state index in [2.05, 4.69) is 25.8 Å². The van der Waals surface area contributed by atoms with Crippen LogP contribution in [0.25, 0.3) is 32.7 Å². The van der Waals surface area contributed by atoms with Gasteiger partial charge in [0.15, 0.2) is 11.5 Å². The smallest absolute Gasteiger partial charge is 0.296 e. The molecule has 0 aliphatic heterocycles. The van der Waals surface area contributed by atoms with E-state index in [4.69, 9.17) is 0 Å². The molecule has 300 valence electrons. The molecule has 0 unspecified atom stereocenters. The van der Waals surface area contributed by atoms with Crippen LogP contribution in [-0.4, -0.2) is 59.3 Å². The van der Waals surface area contributed by atoms with Crippen LogP contribution < -0.4 is 5.32 Å². The molecule has 0 aliphatic rings. The van der Waals surface area contributed by atoms with Crippen LogP contribution in [0.2, 0.25) is 0 Å². The van der Waals surface area contributed by atoms with Crippen molar-refractivity contribution in [1.82, 2.24) is 0 Å². The molecule has 7 aromatic rings. The van der Waals surface area contributed by atoms with Crippen molar-refractivity contribution in [1.29, 1.82) is 0 Å². The van der Waals surface area contributed by atoms with Gasteiger partial charge < -0.3 is 25.7 Å². The molecular formula is C38H27N5O13S3. The number of nitrogens with zero attached hydrogens (tertiary/aromatic N) is 4. The summed E-state index contributed by atoms with van der Waals surface area (Å²) in [5, 5.41) is 62.1. The molecule has 8 N–H and O–H groups in total. The van der Waals surface area contributed by atoms with E-state index in [0.29, 0.717) is 16.8 Å². The molecule has 0 amide bonds. The van der Waals surface area contributed by atoms with Gasteiger partial charge in [0.05, 0.1) is 4.90 Å². The molecule has 0 saturated carbocycles. The van der Waals surface area contributed by atoms with Gasteiger partial charge in [0.1, 0.15) is 44.0 Å². The lowest BCUT2D eigenvalue weighted by Gasteiger charge is -2.11. The highest BCUT2D eigenvalue weighted by atomic mass is 32.2. The van der Waals surface area contributed by atoms with Crippen molar-refractivity contribution in [3.8, 4) is 34.1 Å². The number of azo groups is 2. The number of rotatable bonds is 10. The number of phenols is 4. The van der Waals surface area contributed by atoms with Gasteiger partial charge in [0.2, 0.25) is 0 Å². The standard InChI is InChI=1S/C38H27N5O13S3/c44-31-16-20(6-12-29(31)40-42-35-33(58(51,52)53)18-22-14-25(8-10-27(22)37(35)46)39-24-4-2-1-3-5-24)21-7-13-30(32(45)17-21)41-43-36-34(59(54,55)56)19-23-15-26(57(48,49)50)9-11-28(23)38(36)47/h1-19,39,44-47H,(H,48,49,50)(H,51,52,53)(H,54,55,56). The number of aromatic hydroxyl groups is 4. The summed E-state index contributed by atoms with van der Waals surface area (Å²) in [6, 6.07) is 26.5. The molecule has 0 saturated heterocycles. The zero-order valence-corrected chi connectivity index (χ0v) is 32.0. The Balaban J connectivity index is 1.16. The molecule has 0 aliphatic carbocycles. The van der Waals surface area contributed by atoms with Crippen molar-refractivity contribution in [3.05, 3.63) is 115 Å². The van der Waals surface area contributed by atoms with Crippen LogP contribution in [0.5, 0.6) is 23.0 Å². The van der Waals surface area contributed by atoms with Crippen molar-refractivity contribution < 1.29 is 59.3 Å².